The second-order valence-corrected chi connectivity index (χ2v) is 18.6. The van der Waals surface area contributed by atoms with Crippen molar-refractivity contribution in [2.45, 2.75) is 126 Å². The van der Waals surface area contributed by atoms with Gasteiger partial charge in [0, 0.05) is 23.7 Å². The molecule has 0 heterocycles. The molecule has 0 saturated carbocycles. The Morgan fingerprint density at radius 3 is 1.90 bits per heavy atom. The first-order valence-electron chi connectivity index (χ1n) is 18.7. The third-order valence-corrected chi connectivity index (χ3v) is 12.3. The Balaban J connectivity index is 1.97. The molecule has 4 atom stereocenters. The van der Waals surface area contributed by atoms with Crippen LogP contribution in [0.25, 0.3) is 0 Å². The number of carbonyl (C=O) groups is 3. The van der Waals surface area contributed by atoms with Gasteiger partial charge in [-0.2, -0.15) is 0 Å². The standard InChI is InChI=1S/C43H68N2O5S/c1-32(28-42(10,37(47)49-12)40(5,6)7)41(8,9)43(11,31-39(2,3)4)38(48)50-27-21-15-20-26-44-36(46)35(30-51-34-24-18-14-19-25-34)45-29-33-22-16-13-17-23-33/h13-14,16-19,22-25,32,35,45H,15,20-21,26-31H2,1-12H3,(H,44,46). The fourth-order valence-electron chi connectivity index (χ4n) is 6.78. The highest BCUT2D eigenvalue weighted by atomic mass is 32.2. The molecule has 0 spiro atoms. The van der Waals surface area contributed by atoms with Crippen molar-refractivity contribution in [3.05, 3.63) is 66.2 Å². The Kier molecular flexibility index (Phi) is 16.8. The molecule has 1 amide bonds. The molecule has 51 heavy (non-hydrogen) atoms. The van der Waals surface area contributed by atoms with E-state index in [1.807, 2.05) is 50.2 Å². The van der Waals surface area contributed by atoms with Crippen LogP contribution in [-0.2, 0) is 30.4 Å². The first-order chi connectivity index (χ1) is 23.7. The number of benzene rings is 2. The van der Waals surface area contributed by atoms with Gasteiger partial charge >= 0.3 is 11.9 Å². The summed E-state index contributed by atoms with van der Waals surface area (Å²) in [7, 11) is 1.45. The predicted molar refractivity (Wildman–Crippen MR) is 211 cm³/mol. The molecule has 4 unspecified atom stereocenters. The average molecular weight is 725 g/mol. The monoisotopic (exact) mass is 724 g/mol. The lowest BCUT2D eigenvalue weighted by Crippen LogP contribution is -2.51. The van der Waals surface area contributed by atoms with Crippen molar-refractivity contribution >= 4 is 29.6 Å². The van der Waals surface area contributed by atoms with Crippen LogP contribution < -0.4 is 10.6 Å². The molecule has 0 aliphatic rings. The van der Waals surface area contributed by atoms with Crippen molar-refractivity contribution in [2.24, 2.45) is 33.0 Å². The molecule has 0 bridgehead atoms. The fourth-order valence-corrected chi connectivity index (χ4v) is 7.76. The summed E-state index contributed by atoms with van der Waals surface area (Å²) in [5.74, 6) is 0.214. The second-order valence-electron chi connectivity index (χ2n) is 17.5. The third-order valence-electron chi connectivity index (χ3n) is 11.2. The Bertz CT molecular complexity index is 1320. The summed E-state index contributed by atoms with van der Waals surface area (Å²) in [5.41, 5.74) is -1.30. The number of amides is 1. The van der Waals surface area contributed by atoms with Gasteiger partial charge in [0.05, 0.1) is 30.6 Å². The predicted octanol–water partition coefficient (Wildman–Crippen LogP) is 9.49. The fraction of sp³-hybridized carbons (Fsp3) is 0.651. The molecular formula is C43H68N2O5S. The number of hydrogen-bond donors (Lipinski definition) is 2. The van der Waals surface area contributed by atoms with Crippen LogP contribution in [-0.4, -0.2) is 49.9 Å². The van der Waals surface area contributed by atoms with Gasteiger partial charge in [-0.25, -0.2) is 0 Å². The van der Waals surface area contributed by atoms with Gasteiger partial charge < -0.3 is 20.1 Å². The van der Waals surface area contributed by atoms with E-state index in [4.69, 9.17) is 9.47 Å². The molecule has 2 aromatic carbocycles. The number of hydrogen-bond acceptors (Lipinski definition) is 7. The van der Waals surface area contributed by atoms with E-state index in [9.17, 15) is 14.4 Å². The van der Waals surface area contributed by atoms with Crippen LogP contribution in [0.4, 0.5) is 0 Å². The zero-order valence-electron chi connectivity index (χ0n) is 33.7. The Morgan fingerprint density at radius 1 is 0.765 bits per heavy atom. The first-order valence-corrected chi connectivity index (χ1v) is 19.6. The van der Waals surface area contributed by atoms with Crippen molar-refractivity contribution in [2.75, 3.05) is 26.0 Å². The van der Waals surface area contributed by atoms with E-state index in [1.54, 1.807) is 11.8 Å². The van der Waals surface area contributed by atoms with E-state index in [2.05, 4.69) is 97.2 Å². The summed E-state index contributed by atoms with van der Waals surface area (Å²) in [4.78, 5) is 41.5. The van der Waals surface area contributed by atoms with Crippen molar-refractivity contribution in [1.82, 2.24) is 10.6 Å². The van der Waals surface area contributed by atoms with E-state index >= 15 is 0 Å². The maximum absolute atomic E-state index is 14.0. The number of unbranched alkanes of at least 4 members (excludes halogenated alkanes) is 2. The van der Waals surface area contributed by atoms with Gasteiger partial charge in [0.15, 0.2) is 0 Å². The van der Waals surface area contributed by atoms with E-state index in [1.165, 1.54) is 7.11 Å². The Labute approximate surface area is 314 Å². The number of esters is 2. The van der Waals surface area contributed by atoms with E-state index in [0.29, 0.717) is 44.7 Å². The van der Waals surface area contributed by atoms with Gasteiger partial charge in [-0.15, -0.1) is 11.8 Å². The highest BCUT2D eigenvalue weighted by Gasteiger charge is 2.55. The molecule has 0 saturated heterocycles. The molecule has 0 fully saturated rings. The molecule has 8 heteroatoms. The average Bonchev–Trinajstić information content (AvgIpc) is 3.06. The third kappa shape index (κ3) is 13.0. The van der Waals surface area contributed by atoms with Crippen LogP contribution in [0.15, 0.2) is 65.6 Å². The van der Waals surface area contributed by atoms with Crippen molar-refractivity contribution in [1.29, 1.82) is 0 Å². The molecular weight excluding hydrogens is 657 g/mol. The molecule has 2 aromatic rings. The van der Waals surface area contributed by atoms with Crippen LogP contribution in [0.5, 0.6) is 0 Å². The van der Waals surface area contributed by atoms with Gasteiger partial charge in [0.25, 0.3) is 0 Å². The molecule has 286 valence electrons. The number of ether oxygens (including phenoxy) is 2. The van der Waals surface area contributed by atoms with Crippen molar-refractivity contribution in [3.8, 4) is 0 Å². The van der Waals surface area contributed by atoms with Crippen LogP contribution in [0.2, 0.25) is 0 Å². The SMILES string of the molecule is COC(=O)C(C)(CC(C)C(C)(C)C(C)(CC(C)(C)C)C(=O)OCCCCCNC(=O)C(CSc1ccccc1)NCc1ccccc1)C(C)(C)C. The number of rotatable bonds is 20. The maximum atomic E-state index is 14.0. The lowest BCUT2D eigenvalue weighted by atomic mass is 9.52. The summed E-state index contributed by atoms with van der Waals surface area (Å²) in [6, 6.07) is 19.9. The molecule has 2 rings (SSSR count). The smallest absolute Gasteiger partial charge is 0.312 e. The molecule has 0 aliphatic carbocycles. The Hall–Kier alpha value is -2.84. The molecule has 2 N–H and O–H groups in total. The molecule has 7 nitrogen and oxygen atoms in total. The van der Waals surface area contributed by atoms with Gasteiger partial charge in [0.1, 0.15) is 0 Å². The molecule has 0 aromatic heterocycles. The van der Waals surface area contributed by atoms with Crippen LogP contribution >= 0.6 is 11.8 Å². The van der Waals surface area contributed by atoms with E-state index in [0.717, 1.165) is 23.3 Å². The summed E-state index contributed by atoms with van der Waals surface area (Å²) in [6.45, 7) is 24.7. The summed E-state index contributed by atoms with van der Waals surface area (Å²) < 4.78 is 11.3. The zero-order valence-corrected chi connectivity index (χ0v) is 34.6. The lowest BCUT2D eigenvalue weighted by Gasteiger charge is -2.51. The van der Waals surface area contributed by atoms with Gasteiger partial charge in [-0.3, -0.25) is 14.4 Å². The number of methoxy groups -OCH3 is 1. The van der Waals surface area contributed by atoms with Crippen LogP contribution in [0.1, 0.15) is 114 Å². The minimum atomic E-state index is -0.785. The van der Waals surface area contributed by atoms with Crippen molar-refractivity contribution < 1.29 is 23.9 Å². The Morgan fingerprint density at radius 2 is 1.35 bits per heavy atom. The minimum absolute atomic E-state index is 0.00940. The normalized spacial score (nSPS) is 15.9. The van der Waals surface area contributed by atoms with Crippen molar-refractivity contribution in [3.63, 3.8) is 0 Å². The zero-order chi connectivity index (χ0) is 38.5. The lowest BCUT2D eigenvalue weighted by molar-refractivity contribution is -0.172. The summed E-state index contributed by atoms with van der Waals surface area (Å²) in [6.07, 6.45) is 3.57. The minimum Gasteiger partial charge on any atom is -0.469 e. The quantitative estimate of drug-likeness (QED) is 0.0799. The number of carbonyl (C=O) groups excluding carboxylic acids is 3. The van der Waals surface area contributed by atoms with Gasteiger partial charge in [-0.05, 0) is 85.8 Å². The van der Waals surface area contributed by atoms with E-state index in [-0.39, 0.29) is 40.6 Å². The van der Waals surface area contributed by atoms with Gasteiger partial charge in [0.2, 0.25) is 5.91 Å². The summed E-state index contributed by atoms with van der Waals surface area (Å²) >= 11 is 1.67. The maximum Gasteiger partial charge on any atom is 0.312 e. The second kappa shape index (κ2) is 19.3. The van der Waals surface area contributed by atoms with Crippen LogP contribution in [0, 0.1) is 33.0 Å². The highest BCUT2D eigenvalue weighted by Crippen LogP contribution is 2.56. The molecule has 0 radical (unpaired) electrons. The highest BCUT2D eigenvalue weighted by molar-refractivity contribution is 7.99. The number of thioether (sulfide) groups is 1. The topological polar surface area (TPSA) is 93.7 Å². The van der Waals surface area contributed by atoms with Gasteiger partial charge in [-0.1, -0.05) is 111 Å². The first kappa shape index (κ1) is 44.3. The number of nitrogens with one attached hydrogen (secondary N) is 2. The van der Waals surface area contributed by atoms with Crippen LogP contribution in [0.3, 0.4) is 0 Å². The summed E-state index contributed by atoms with van der Waals surface area (Å²) in [5, 5.41) is 6.57. The largest absolute Gasteiger partial charge is 0.469 e. The molecule has 0 aliphatic heterocycles. The van der Waals surface area contributed by atoms with E-state index < -0.39 is 16.2 Å².